The number of halogens is 1. The van der Waals surface area contributed by atoms with Crippen molar-refractivity contribution in [3.05, 3.63) is 58.1 Å². The molecule has 2 aromatic carbocycles. The van der Waals surface area contributed by atoms with E-state index in [1.807, 2.05) is 24.3 Å². The van der Waals surface area contributed by atoms with E-state index in [9.17, 15) is 0 Å². The molecule has 0 fully saturated rings. The van der Waals surface area contributed by atoms with Crippen molar-refractivity contribution in [3.63, 3.8) is 0 Å². The lowest BCUT2D eigenvalue weighted by molar-refractivity contribution is 0.199. The van der Waals surface area contributed by atoms with Crippen LogP contribution in [0.3, 0.4) is 0 Å². The number of nitrogens with one attached hydrogen (secondary N) is 1. The molecule has 2 rings (SSSR count). The first-order chi connectivity index (χ1) is 11.6. The molecule has 0 radical (unpaired) electrons. The Labute approximate surface area is 148 Å². The van der Waals surface area contributed by atoms with Gasteiger partial charge in [-0.05, 0) is 30.2 Å². The van der Waals surface area contributed by atoms with E-state index in [2.05, 4.69) is 24.4 Å². The first-order valence-electron chi connectivity index (χ1n) is 7.88. The molecule has 24 heavy (non-hydrogen) atoms. The largest absolute Gasteiger partial charge is 0.493 e. The van der Waals surface area contributed by atoms with E-state index in [0.29, 0.717) is 36.3 Å². The van der Waals surface area contributed by atoms with Crippen LogP contribution in [0.5, 0.6) is 11.5 Å². The van der Waals surface area contributed by atoms with Crippen molar-refractivity contribution in [3.8, 4) is 11.5 Å². The zero-order valence-electron chi connectivity index (χ0n) is 14.4. The average molecular weight is 350 g/mol. The number of benzene rings is 2. The third-order valence-corrected chi connectivity index (χ3v) is 3.85. The van der Waals surface area contributed by atoms with Crippen LogP contribution in [0.15, 0.2) is 36.4 Å². The maximum Gasteiger partial charge on any atom is 0.180 e. The number of hydrogen-bond acceptors (Lipinski definition) is 4. The lowest BCUT2D eigenvalue weighted by Gasteiger charge is -2.15. The third kappa shape index (κ3) is 5.41. The van der Waals surface area contributed by atoms with Crippen molar-refractivity contribution in [2.75, 3.05) is 27.4 Å². The Balaban J connectivity index is 2.06. The molecule has 5 heteroatoms. The smallest absolute Gasteiger partial charge is 0.180 e. The zero-order valence-corrected chi connectivity index (χ0v) is 15.2. The van der Waals surface area contributed by atoms with E-state index < -0.39 is 0 Å². The molecular formula is C19H24ClNO3. The fourth-order valence-electron chi connectivity index (χ4n) is 2.38. The Hall–Kier alpha value is -1.75. The van der Waals surface area contributed by atoms with E-state index in [4.69, 9.17) is 25.8 Å². The standard InChI is InChI=1S/C19H24ClNO3/c1-14-5-4-6-15(9-14)13-24-19-17(20)10-16(11-18(19)23-3)12-21-7-8-22-2/h4-6,9-11,21H,7-8,12-13H2,1-3H3. The van der Waals surface area contributed by atoms with Crippen LogP contribution >= 0.6 is 11.6 Å². The Morgan fingerprint density at radius 3 is 2.62 bits per heavy atom. The normalized spacial score (nSPS) is 10.7. The molecule has 0 bridgehead atoms. The molecule has 0 atom stereocenters. The van der Waals surface area contributed by atoms with Gasteiger partial charge in [0.15, 0.2) is 11.5 Å². The highest BCUT2D eigenvalue weighted by Crippen LogP contribution is 2.37. The van der Waals surface area contributed by atoms with Crippen molar-refractivity contribution in [2.24, 2.45) is 0 Å². The number of rotatable bonds is 9. The van der Waals surface area contributed by atoms with Gasteiger partial charge in [-0.1, -0.05) is 41.4 Å². The van der Waals surface area contributed by atoms with Crippen molar-refractivity contribution < 1.29 is 14.2 Å². The second kappa shape index (κ2) is 9.52. The molecule has 0 aromatic heterocycles. The second-order valence-corrected chi connectivity index (χ2v) is 5.96. The van der Waals surface area contributed by atoms with Gasteiger partial charge in [0.1, 0.15) is 6.61 Å². The molecule has 0 amide bonds. The van der Waals surface area contributed by atoms with E-state index in [-0.39, 0.29) is 0 Å². The Morgan fingerprint density at radius 1 is 1.08 bits per heavy atom. The molecule has 0 aliphatic carbocycles. The van der Waals surface area contributed by atoms with Crippen molar-refractivity contribution in [1.29, 1.82) is 0 Å². The number of aryl methyl sites for hydroxylation is 1. The van der Waals surface area contributed by atoms with E-state index >= 15 is 0 Å². The minimum Gasteiger partial charge on any atom is -0.493 e. The highest BCUT2D eigenvalue weighted by molar-refractivity contribution is 6.32. The van der Waals surface area contributed by atoms with Crippen molar-refractivity contribution >= 4 is 11.6 Å². The molecule has 0 aliphatic heterocycles. The first kappa shape index (κ1) is 18.6. The summed E-state index contributed by atoms with van der Waals surface area (Å²) >= 11 is 6.39. The predicted octanol–water partition coefficient (Wildman–Crippen LogP) is 3.97. The van der Waals surface area contributed by atoms with Gasteiger partial charge in [0.05, 0.1) is 18.7 Å². The van der Waals surface area contributed by atoms with Crippen molar-refractivity contribution in [1.82, 2.24) is 5.32 Å². The Kier molecular flexibility index (Phi) is 7.37. The minimum absolute atomic E-state index is 0.448. The van der Waals surface area contributed by atoms with E-state index in [1.165, 1.54) is 5.56 Å². The molecule has 0 saturated heterocycles. The van der Waals surface area contributed by atoms with Crippen LogP contribution < -0.4 is 14.8 Å². The SMILES string of the molecule is COCCNCc1cc(Cl)c(OCc2cccc(C)c2)c(OC)c1. The quantitative estimate of drug-likeness (QED) is 0.695. The summed E-state index contributed by atoms with van der Waals surface area (Å²) in [4.78, 5) is 0. The van der Waals surface area contributed by atoms with Crippen LogP contribution in [-0.4, -0.2) is 27.4 Å². The van der Waals surface area contributed by atoms with Gasteiger partial charge < -0.3 is 19.5 Å². The van der Waals surface area contributed by atoms with Crippen LogP contribution in [0.4, 0.5) is 0 Å². The average Bonchev–Trinajstić information content (AvgIpc) is 2.57. The molecule has 130 valence electrons. The molecule has 0 saturated carbocycles. The van der Waals surface area contributed by atoms with Crippen LogP contribution in [-0.2, 0) is 17.9 Å². The van der Waals surface area contributed by atoms with Gasteiger partial charge in [0.25, 0.3) is 0 Å². The van der Waals surface area contributed by atoms with Crippen LogP contribution in [0, 0.1) is 6.92 Å². The topological polar surface area (TPSA) is 39.7 Å². The van der Waals surface area contributed by atoms with Gasteiger partial charge in [0.2, 0.25) is 0 Å². The van der Waals surface area contributed by atoms with Gasteiger partial charge >= 0.3 is 0 Å². The summed E-state index contributed by atoms with van der Waals surface area (Å²) in [6.45, 7) is 4.65. The molecule has 0 aliphatic rings. The maximum atomic E-state index is 6.39. The molecular weight excluding hydrogens is 326 g/mol. The molecule has 1 N–H and O–H groups in total. The van der Waals surface area contributed by atoms with E-state index in [0.717, 1.165) is 17.7 Å². The van der Waals surface area contributed by atoms with Gasteiger partial charge in [0, 0.05) is 20.2 Å². The highest BCUT2D eigenvalue weighted by Gasteiger charge is 2.12. The van der Waals surface area contributed by atoms with Gasteiger partial charge in [-0.25, -0.2) is 0 Å². The molecule has 0 unspecified atom stereocenters. The van der Waals surface area contributed by atoms with Gasteiger partial charge in [-0.2, -0.15) is 0 Å². The summed E-state index contributed by atoms with van der Waals surface area (Å²) in [5, 5.41) is 3.83. The van der Waals surface area contributed by atoms with Gasteiger partial charge in [-0.3, -0.25) is 0 Å². The lowest BCUT2D eigenvalue weighted by Crippen LogP contribution is -2.18. The lowest BCUT2D eigenvalue weighted by atomic mass is 10.1. The second-order valence-electron chi connectivity index (χ2n) is 5.56. The summed E-state index contributed by atoms with van der Waals surface area (Å²) in [7, 11) is 3.30. The van der Waals surface area contributed by atoms with E-state index in [1.54, 1.807) is 14.2 Å². The molecule has 4 nitrogen and oxygen atoms in total. The predicted molar refractivity (Wildman–Crippen MR) is 97.1 cm³/mol. The van der Waals surface area contributed by atoms with Crippen LogP contribution in [0.2, 0.25) is 5.02 Å². The number of hydrogen-bond donors (Lipinski definition) is 1. The Bertz CT molecular complexity index is 661. The monoisotopic (exact) mass is 349 g/mol. The summed E-state index contributed by atoms with van der Waals surface area (Å²) in [5.41, 5.74) is 3.33. The van der Waals surface area contributed by atoms with Crippen molar-refractivity contribution in [2.45, 2.75) is 20.1 Å². The third-order valence-electron chi connectivity index (χ3n) is 3.57. The highest BCUT2D eigenvalue weighted by atomic mass is 35.5. The maximum absolute atomic E-state index is 6.39. The van der Waals surface area contributed by atoms with Crippen LogP contribution in [0.1, 0.15) is 16.7 Å². The number of ether oxygens (including phenoxy) is 3. The minimum atomic E-state index is 0.448. The number of methoxy groups -OCH3 is 2. The molecule has 2 aromatic rings. The molecule has 0 heterocycles. The summed E-state index contributed by atoms with van der Waals surface area (Å²) in [6, 6.07) is 12.0. The Morgan fingerprint density at radius 2 is 1.92 bits per heavy atom. The van der Waals surface area contributed by atoms with Crippen LogP contribution in [0.25, 0.3) is 0 Å². The fraction of sp³-hybridized carbons (Fsp3) is 0.368. The molecule has 0 spiro atoms. The van der Waals surface area contributed by atoms with Gasteiger partial charge in [-0.15, -0.1) is 0 Å². The fourth-order valence-corrected chi connectivity index (χ4v) is 2.67. The zero-order chi connectivity index (χ0) is 17.4. The first-order valence-corrected chi connectivity index (χ1v) is 8.26. The summed E-state index contributed by atoms with van der Waals surface area (Å²) in [5.74, 6) is 1.21. The summed E-state index contributed by atoms with van der Waals surface area (Å²) in [6.07, 6.45) is 0. The summed E-state index contributed by atoms with van der Waals surface area (Å²) < 4.78 is 16.4.